The average Bonchev–Trinajstić information content (AvgIpc) is 3.74. The number of carbonyl (C=O) groups excluding carboxylic acids is 1. The van der Waals surface area contributed by atoms with E-state index in [4.69, 9.17) is 14.2 Å². The van der Waals surface area contributed by atoms with Gasteiger partial charge in [0.25, 0.3) is 0 Å². The van der Waals surface area contributed by atoms with Gasteiger partial charge in [-0.15, -0.1) is 0 Å². The topological polar surface area (TPSA) is 77.9 Å². The van der Waals surface area contributed by atoms with E-state index in [1.54, 1.807) is 30.5 Å². The van der Waals surface area contributed by atoms with Crippen LogP contribution in [0.5, 0.6) is 11.5 Å². The molecule has 6 nitrogen and oxygen atoms in total. The van der Waals surface area contributed by atoms with Crippen molar-refractivity contribution in [3.8, 4) is 22.6 Å². The summed E-state index contributed by atoms with van der Waals surface area (Å²) < 4.78 is 30.8. The van der Waals surface area contributed by atoms with Crippen LogP contribution in [0.4, 0.5) is 4.39 Å². The number of hydrogen-bond acceptors (Lipinski definition) is 6. The lowest BCUT2D eigenvalue weighted by molar-refractivity contribution is -0.145. The Balaban J connectivity index is 1.57. The van der Waals surface area contributed by atoms with E-state index in [1.807, 2.05) is 32.0 Å². The first kappa shape index (κ1) is 25.6. The maximum Gasteiger partial charge on any atom is 0.309 e. The maximum atomic E-state index is 14.4. The Labute approximate surface area is 211 Å². The molecule has 1 aliphatic carbocycles. The summed E-state index contributed by atoms with van der Waals surface area (Å²) >= 11 is 0. The lowest BCUT2D eigenvalue weighted by atomic mass is 9.83. The summed E-state index contributed by atoms with van der Waals surface area (Å²) in [5.41, 5.74) is 3.42. The van der Waals surface area contributed by atoms with Gasteiger partial charge in [-0.2, -0.15) is 0 Å². The summed E-state index contributed by atoms with van der Waals surface area (Å²) in [6.45, 7) is 3.56. The number of pyridine rings is 1. The summed E-state index contributed by atoms with van der Waals surface area (Å²) in [7, 11) is 2.95. The van der Waals surface area contributed by atoms with Gasteiger partial charge in [0.2, 0.25) is 0 Å². The van der Waals surface area contributed by atoms with Crippen molar-refractivity contribution in [2.24, 2.45) is 11.8 Å². The minimum Gasteiger partial charge on any atom is -0.497 e. The number of benzene rings is 2. The molecule has 0 amide bonds. The summed E-state index contributed by atoms with van der Waals surface area (Å²) in [6, 6.07) is 14.0. The fourth-order valence-corrected chi connectivity index (χ4v) is 4.66. The monoisotopic (exact) mass is 493 g/mol. The van der Waals surface area contributed by atoms with E-state index >= 15 is 0 Å². The van der Waals surface area contributed by atoms with Crippen LogP contribution in [0.3, 0.4) is 0 Å². The fraction of sp³-hybridized carbons (Fsp3) is 0.379. The van der Waals surface area contributed by atoms with Crippen LogP contribution in [0.15, 0.2) is 54.7 Å². The molecular formula is C29H32FNO5. The van der Waals surface area contributed by atoms with Gasteiger partial charge in [0.15, 0.2) is 6.10 Å². The molecule has 0 radical (unpaired) electrons. The second-order valence-corrected chi connectivity index (χ2v) is 9.31. The van der Waals surface area contributed by atoms with Gasteiger partial charge >= 0.3 is 5.97 Å². The zero-order valence-corrected chi connectivity index (χ0v) is 21.0. The summed E-state index contributed by atoms with van der Waals surface area (Å²) in [6.07, 6.45) is 3.02. The highest BCUT2D eigenvalue weighted by molar-refractivity contribution is 5.73. The van der Waals surface area contributed by atoms with Crippen LogP contribution in [-0.2, 0) is 9.53 Å². The van der Waals surface area contributed by atoms with Crippen molar-refractivity contribution in [3.63, 3.8) is 0 Å². The zero-order valence-electron chi connectivity index (χ0n) is 21.0. The number of aliphatic hydroxyl groups excluding tert-OH is 1. The first-order valence-corrected chi connectivity index (χ1v) is 12.1. The number of aromatic nitrogens is 1. The van der Waals surface area contributed by atoms with Crippen molar-refractivity contribution < 1.29 is 28.5 Å². The highest BCUT2D eigenvalue weighted by atomic mass is 19.1. The third-order valence-corrected chi connectivity index (χ3v) is 6.87. The minimum atomic E-state index is -0.708. The number of esters is 1. The Morgan fingerprint density at radius 1 is 1.14 bits per heavy atom. The first-order chi connectivity index (χ1) is 17.4. The smallest absolute Gasteiger partial charge is 0.309 e. The lowest BCUT2D eigenvalue weighted by Crippen LogP contribution is -2.22. The van der Waals surface area contributed by atoms with Crippen LogP contribution >= 0.6 is 0 Å². The van der Waals surface area contributed by atoms with Crippen molar-refractivity contribution in [2.75, 3.05) is 20.8 Å². The van der Waals surface area contributed by atoms with Crippen molar-refractivity contribution in [1.29, 1.82) is 0 Å². The first-order valence-electron chi connectivity index (χ1n) is 12.1. The van der Waals surface area contributed by atoms with Gasteiger partial charge < -0.3 is 19.3 Å². The molecule has 1 fully saturated rings. The molecule has 0 bridgehead atoms. The molecule has 2 aromatic carbocycles. The molecule has 3 atom stereocenters. The molecule has 1 saturated carbocycles. The van der Waals surface area contributed by atoms with Crippen LogP contribution in [0.1, 0.15) is 48.6 Å². The fourth-order valence-electron chi connectivity index (χ4n) is 4.66. The molecule has 1 heterocycles. The number of methoxy groups -OCH3 is 2. The molecule has 1 aliphatic rings. The highest BCUT2D eigenvalue weighted by Gasteiger charge is 2.39. The van der Waals surface area contributed by atoms with Crippen molar-refractivity contribution in [2.45, 2.75) is 38.7 Å². The molecule has 7 heteroatoms. The van der Waals surface area contributed by atoms with Gasteiger partial charge in [0.05, 0.1) is 32.4 Å². The summed E-state index contributed by atoms with van der Waals surface area (Å²) in [5, 5.41) is 10.1. The van der Waals surface area contributed by atoms with Crippen LogP contribution in [-0.4, -0.2) is 36.9 Å². The third-order valence-electron chi connectivity index (χ3n) is 6.87. The van der Waals surface area contributed by atoms with Crippen LogP contribution in [0.25, 0.3) is 11.1 Å². The van der Waals surface area contributed by atoms with Gasteiger partial charge in [-0.25, -0.2) is 4.39 Å². The quantitative estimate of drug-likeness (QED) is 0.370. The molecule has 36 heavy (non-hydrogen) atoms. The molecule has 0 aliphatic heterocycles. The van der Waals surface area contributed by atoms with Gasteiger partial charge in [-0.3, -0.25) is 9.78 Å². The standard InChI is InChI=1S/C29H32FNO5/c1-17-5-6-20(28(19-7-8-19)18(2)29(33)35-4)13-26(17)36-27(16-32)25-12-9-21(15-31-25)23-14-22(34-3)10-11-24(23)30/h5-6,9-15,18-19,27-28,32H,7-8,16H2,1-4H3. The van der Waals surface area contributed by atoms with Crippen LogP contribution < -0.4 is 9.47 Å². The second kappa shape index (κ2) is 11.1. The number of rotatable bonds is 10. The average molecular weight is 494 g/mol. The van der Waals surface area contributed by atoms with E-state index in [9.17, 15) is 14.3 Å². The molecule has 190 valence electrons. The van der Waals surface area contributed by atoms with Crippen LogP contribution in [0, 0.1) is 24.6 Å². The number of nitrogens with zero attached hydrogens (tertiary/aromatic N) is 1. The van der Waals surface area contributed by atoms with Crippen molar-refractivity contribution in [1.82, 2.24) is 4.98 Å². The van der Waals surface area contributed by atoms with Gasteiger partial charge in [0.1, 0.15) is 17.3 Å². The number of ether oxygens (including phenoxy) is 3. The Bertz CT molecular complexity index is 1210. The van der Waals surface area contributed by atoms with Crippen molar-refractivity contribution >= 4 is 5.97 Å². The van der Waals surface area contributed by atoms with Crippen molar-refractivity contribution in [3.05, 3.63) is 77.4 Å². The predicted molar refractivity (Wildman–Crippen MR) is 134 cm³/mol. The Morgan fingerprint density at radius 2 is 1.92 bits per heavy atom. The summed E-state index contributed by atoms with van der Waals surface area (Å²) in [4.78, 5) is 16.7. The Hall–Kier alpha value is -3.45. The Kier molecular flexibility index (Phi) is 7.89. The zero-order chi connectivity index (χ0) is 25.8. The number of carbonyl (C=O) groups is 1. The number of halogens is 1. The highest BCUT2D eigenvalue weighted by Crippen LogP contribution is 2.48. The summed E-state index contributed by atoms with van der Waals surface area (Å²) in [5.74, 6) is 0.794. The molecule has 1 aromatic heterocycles. The molecule has 3 unspecified atom stereocenters. The SMILES string of the molecule is COC(=O)C(C)C(c1ccc(C)c(OC(CO)c2ccc(-c3cc(OC)ccc3F)cn2)c1)C1CC1. The van der Waals surface area contributed by atoms with Gasteiger partial charge in [-0.05, 0) is 73.1 Å². The van der Waals surface area contributed by atoms with E-state index in [0.717, 1.165) is 24.0 Å². The predicted octanol–water partition coefficient (Wildman–Crippen LogP) is 5.62. The maximum absolute atomic E-state index is 14.4. The minimum absolute atomic E-state index is 0.0446. The van der Waals surface area contributed by atoms with Gasteiger partial charge in [-0.1, -0.05) is 25.1 Å². The lowest BCUT2D eigenvalue weighted by Gasteiger charge is -2.24. The molecule has 4 rings (SSSR count). The molecular weight excluding hydrogens is 461 g/mol. The van der Waals surface area contributed by atoms with E-state index in [0.29, 0.717) is 34.2 Å². The third kappa shape index (κ3) is 5.51. The second-order valence-electron chi connectivity index (χ2n) is 9.31. The number of hydrogen-bond donors (Lipinski definition) is 1. The van der Waals surface area contributed by atoms with E-state index < -0.39 is 6.10 Å². The number of aryl methyl sites for hydroxylation is 1. The van der Waals surface area contributed by atoms with E-state index in [-0.39, 0.29) is 30.2 Å². The molecule has 0 spiro atoms. The van der Waals surface area contributed by atoms with E-state index in [2.05, 4.69) is 4.98 Å². The number of aliphatic hydroxyl groups is 1. The van der Waals surface area contributed by atoms with E-state index in [1.165, 1.54) is 20.3 Å². The van der Waals surface area contributed by atoms with Gasteiger partial charge in [0, 0.05) is 17.3 Å². The van der Waals surface area contributed by atoms with Crippen LogP contribution in [0.2, 0.25) is 0 Å². The largest absolute Gasteiger partial charge is 0.497 e. The normalized spacial score (nSPS) is 15.6. The molecule has 1 N–H and O–H groups in total. The molecule has 3 aromatic rings. The Morgan fingerprint density at radius 3 is 2.53 bits per heavy atom. The molecule has 0 saturated heterocycles.